The zero-order valence-electron chi connectivity index (χ0n) is 12.6. The average molecular weight is 292 g/mol. The van der Waals surface area contributed by atoms with Crippen LogP contribution in [0.1, 0.15) is 26.2 Å². The Balaban J connectivity index is 1.72. The van der Waals surface area contributed by atoms with E-state index in [0.29, 0.717) is 6.54 Å². The SMILES string of the molecule is CC1(CNC(=O)C2(n3cccn3)CCNCC2)CCOC1. The largest absolute Gasteiger partial charge is 0.381 e. The van der Waals surface area contributed by atoms with Crippen molar-refractivity contribution in [2.75, 3.05) is 32.8 Å². The van der Waals surface area contributed by atoms with Gasteiger partial charge in [-0.15, -0.1) is 0 Å². The van der Waals surface area contributed by atoms with Crippen LogP contribution in [-0.4, -0.2) is 48.5 Å². The van der Waals surface area contributed by atoms with Crippen LogP contribution in [0.3, 0.4) is 0 Å². The summed E-state index contributed by atoms with van der Waals surface area (Å²) >= 11 is 0. The van der Waals surface area contributed by atoms with Crippen LogP contribution in [0.5, 0.6) is 0 Å². The van der Waals surface area contributed by atoms with Crippen molar-refractivity contribution in [3.8, 4) is 0 Å². The van der Waals surface area contributed by atoms with Gasteiger partial charge in [0, 0.05) is 31.0 Å². The Morgan fingerprint density at radius 1 is 1.43 bits per heavy atom. The number of nitrogens with one attached hydrogen (secondary N) is 2. The molecule has 0 aliphatic carbocycles. The summed E-state index contributed by atoms with van der Waals surface area (Å²) in [5.74, 6) is 0.0841. The zero-order valence-corrected chi connectivity index (χ0v) is 12.6. The molecule has 2 fully saturated rings. The third-order valence-corrected chi connectivity index (χ3v) is 4.77. The maximum absolute atomic E-state index is 12.9. The van der Waals surface area contributed by atoms with E-state index in [4.69, 9.17) is 4.74 Å². The van der Waals surface area contributed by atoms with Crippen LogP contribution < -0.4 is 10.6 Å². The fourth-order valence-corrected chi connectivity index (χ4v) is 3.23. The van der Waals surface area contributed by atoms with Gasteiger partial charge in [0.05, 0.1) is 6.61 Å². The number of aromatic nitrogens is 2. The Morgan fingerprint density at radius 2 is 2.24 bits per heavy atom. The van der Waals surface area contributed by atoms with Gasteiger partial charge in [0.15, 0.2) is 0 Å². The molecule has 1 aromatic rings. The van der Waals surface area contributed by atoms with Gasteiger partial charge in [-0.1, -0.05) is 6.92 Å². The fraction of sp³-hybridized carbons (Fsp3) is 0.733. The molecule has 3 heterocycles. The van der Waals surface area contributed by atoms with E-state index in [1.165, 1.54) is 0 Å². The van der Waals surface area contributed by atoms with Crippen LogP contribution in [0.15, 0.2) is 18.5 Å². The summed E-state index contributed by atoms with van der Waals surface area (Å²) in [6.45, 7) is 6.04. The van der Waals surface area contributed by atoms with Gasteiger partial charge >= 0.3 is 0 Å². The number of hydrogen-bond donors (Lipinski definition) is 2. The number of rotatable bonds is 4. The molecular weight excluding hydrogens is 268 g/mol. The molecule has 1 unspecified atom stereocenters. The molecule has 1 atom stereocenters. The van der Waals surface area contributed by atoms with Crippen LogP contribution in [-0.2, 0) is 15.1 Å². The molecule has 21 heavy (non-hydrogen) atoms. The van der Waals surface area contributed by atoms with Gasteiger partial charge in [-0.25, -0.2) is 0 Å². The second-order valence-corrected chi connectivity index (χ2v) is 6.53. The van der Waals surface area contributed by atoms with E-state index < -0.39 is 5.54 Å². The van der Waals surface area contributed by atoms with E-state index in [9.17, 15) is 4.79 Å². The topological polar surface area (TPSA) is 68.2 Å². The van der Waals surface area contributed by atoms with Crippen molar-refractivity contribution >= 4 is 5.91 Å². The van der Waals surface area contributed by atoms with Gasteiger partial charge in [0.2, 0.25) is 5.91 Å². The van der Waals surface area contributed by atoms with E-state index in [1.807, 2.05) is 16.9 Å². The maximum atomic E-state index is 12.9. The van der Waals surface area contributed by atoms with Gasteiger partial charge in [0.25, 0.3) is 0 Å². The van der Waals surface area contributed by atoms with Crippen molar-refractivity contribution in [3.05, 3.63) is 18.5 Å². The molecule has 0 bridgehead atoms. The molecule has 0 spiro atoms. The highest BCUT2D eigenvalue weighted by Gasteiger charge is 2.42. The number of ether oxygens (including phenoxy) is 1. The lowest BCUT2D eigenvalue weighted by Gasteiger charge is -2.37. The van der Waals surface area contributed by atoms with E-state index >= 15 is 0 Å². The minimum atomic E-state index is -0.551. The Bertz CT molecular complexity index is 474. The first-order chi connectivity index (χ1) is 10.1. The fourth-order valence-electron chi connectivity index (χ4n) is 3.23. The van der Waals surface area contributed by atoms with Crippen LogP contribution in [0.25, 0.3) is 0 Å². The molecule has 3 rings (SSSR count). The van der Waals surface area contributed by atoms with Gasteiger partial charge in [0.1, 0.15) is 5.54 Å². The lowest BCUT2D eigenvalue weighted by molar-refractivity contribution is -0.132. The number of carbonyl (C=O) groups is 1. The van der Waals surface area contributed by atoms with Crippen LogP contribution in [0.2, 0.25) is 0 Å². The van der Waals surface area contributed by atoms with Crippen molar-refractivity contribution in [1.29, 1.82) is 0 Å². The molecule has 2 N–H and O–H groups in total. The molecule has 116 valence electrons. The first-order valence-corrected chi connectivity index (χ1v) is 7.72. The Hall–Kier alpha value is -1.40. The first-order valence-electron chi connectivity index (χ1n) is 7.72. The predicted octanol–water partition coefficient (Wildman–Crippen LogP) is 0.505. The van der Waals surface area contributed by atoms with E-state index in [2.05, 4.69) is 22.7 Å². The lowest BCUT2D eigenvalue weighted by atomic mass is 9.85. The number of hydrogen-bond acceptors (Lipinski definition) is 4. The normalized spacial score (nSPS) is 28.4. The van der Waals surface area contributed by atoms with Crippen LogP contribution >= 0.6 is 0 Å². The van der Waals surface area contributed by atoms with Gasteiger partial charge < -0.3 is 15.4 Å². The Morgan fingerprint density at radius 3 is 2.86 bits per heavy atom. The number of piperidine rings is 1. The zero-order chi connectivity index (χ0) is 14.8. The standard InChI is InChI=1S/C15H24N4O2/c1-14(5-10-21-12-14)11-17-13(20)15(3-7-16-8-4-15)19-9-2-6-18-19/h2,6,9,16H,3-5,7-8,10-12H2,1H3,(H,17,20). The number of nitrogens with zero attached hydrogens (tertiary/aromatic N) is 2. The molecule has 0 aromatic carbocycles. The molecular formula is C15H24N4O2. The minimum Gasteiger partial charge on any atom is -0.381 e. The third-order valence-electron chi connectivity index (χ3n) is 4.77. The Labute approximate surface area is 125 Å². The lowest BCUT2D eigenvalue weighted by Crippen LogP contribution is -2.55. The molecule has 0 saturated carbocycles. The van der Waals surface area contributed by atoms with Crippen molar-refractivity contribution in [3.63, 3.8) is 0 Å². The average Bonchev–Trinajstić information content (AvgIpc) is 3.18. The van der Waals surface area contributed by atoms with E-state index in [1.54, 1.807) is 6.20 Å². The minimum absolute atomic E-state index is 0.0634. The molecule has 1 amide bonds. The van der Waals surface area contributed by atoms with Crippen LogP contribution in [0, 0.1) is 5.41 Å². The number of carbonyl (C=O) groups excluding carboxylic acids is 1. The summed E-state index contributed by atoms with van der Waals surface area (Å²) in [5.41, 5.74) is -0.488. The Kier molecular flexibility index (Phi) is 3.99. The van der Waals surface area contributed by atoms with Crippen molar-refractivity contribution in [2.45, 2.75) is 31.7 Å². The van der Waals surface area contributed by atoms with Crippen LogP contribution in [0.4, 0.5) is 0 Å². The summed E-state index contributed by atoms with van der Waals surface area (Å²) in [5, 5.41) is 10.8. The van der Waals surface area contributed by atoms with E-state index in [-0.39, 0.29) is 11.3 Å². The molecule has 2 aliphatic rings. The molecule has 6 heteroatoms. The summed E-state index contributed by atoms with van der Waals surface area (Å²) in [4.78, 5) is 12.9. The van der Waals surface area contributed by atoms with Crippen molar-refractivity contribution < 1.29 is 9.53 Å². The summed E-state index contributed by atoms with van der Waals surface area (Å²) < 4.78 is 7.29. The maximum Gasteiger partial charge on any atom is 0.248 e. The van der Waals surface area contributed by atoms with Gasteiger partial charge in [-0.3, -0.25) is 9.48 Å². The molecule has 1 aromatic heterocycles. The highest BCUT2D eigenvalue weighted by atomic mass is 16.5. The third kappa shape index (κ3) is 2.82. The highest BCUT2D eigenvalue weighted by molar-refractivity contribution is 5.84. The highest BCUT2D eigenvalue weighted by Crippen LogP contribution is 2.30. The summed E-state index contributed by atoms with van der Waals surface area (Å²) in [6.07, 6.45) is 6.18. The summed E-state index contributed by atoms with van der Waals surface area (Å²) in [6, 6.07) is 1.88. The molecule has 2 saturated heterocycles. The quantitative estimate of drug-likeness (QED) is 0.848. The molecule has 2 aliphatic heterocycles. The van der Waals surface area contributed by atoms with Gasteiger partial charge in [-0.05, 0) is 38.4 Å². The van der Waals surface area contributed by atoms with Crippen molar-refractivity contribution in [2.24, 2.45) is 5.41 Å². The number of amides is 1. The first kappa shape index (κ1) is 14.5. The molecule has 6 nitrogen and oxygen atoms in total. The molecule has 0 radical (unpaired) electrons. The van der Waals surface area contributed by atoms with Crippen molar-refractivity contribution in [1.82, 2.24) is 20.4 Å². The monoisotopic (exact) mass is 292 g/mol. The smallest absolute Gasteiger partial charge is 0.248 e. The second kappa shape index (κ2) is 5.77. The second-order valence-electron chi connectivity index (χ2n) is 6.53. The predicted molar refractivity (Wildman–Crippen MR) is 78.9 cm³/mol. The van der Waals surface area contributed by atoms with E-state index in [0.717, 1.165) is 45.6 Å². The summed E-state index contributed by atoms with van der Waals surface area (Å²) in [7, 11) is 0. The van der Waals surface area contributed by atoms with Gasteiger partial charge in [-0.2, -0.15) is 5.10 Å².